The number of hydrogen-bond acceptors (Lipinski definition) is 3. The summed E-state index contributed by atoms with van der Waals surface area (Å²) in [5.41, 5.74) is 1.66. The van der Waals surface area contributed by atoms with Gasteiger partial charge in [0.15, 0.2) is 5.54 Å². The molecule has 110 valence electrons. The molecule has 22 heavy (non-hydrogen) atoms. The Morgan fingerprint density at radius 2 is 1.73 bits per heavy atom. The SMILES string of the molecule is O=C1CC2(Nc3ccccc3NC2=O)c2ccc(Cl)cc2N1. The van der Waals surface area contributed by atoms with Crippen molar-refractivity contribution in [3.8, 4) is 0 Å². The van der Waals surface area contributed by atoms with Gasteiger partial charge in [-0.2, -0.15) is 0 Å². The van der Waals surface area contributed by atoms with Gasteiger partial charge in [-0.3, -0.25) is 9.59 Å². The monoisotopic (exact) mass is 313 g/mol. The summed E-state index contributed by atoms with van der Waals surface area (Å²) >= 11 is 6.00. The fourth-order valence-electron chi connectivity index (χ4n) is 3.05. The molecule has 2 aliphatic rings. The van der Waals surface area contributed by atoms with Crippen molar-refractivity contribution in [2.45, 2.75) is 12.0 Å². The van der Waals surface area contributed by atoms with Crippen LogP contribution in [0.5, 0.6) is 0 Å². The summed E-state index contributed by atoms with van der Waals surface area (Å²) < 4.78 is 0. The van der Waals surface area contributed by atoms with Crippen molar-refractivity contribution in [2.75, 3.05) is 16.0 Å². The van der Waals surface area contributed by atoms with Crippen molar-refractivity contribution in [1.82, 2.24) is 0 Å². The van der Waals surface area contributed by atoms with Gasteiger partial charge >= 0.3 is 0 Å². The molecular formula is C16H12ClN3O2. The molecule has 2 aromatic carbocycles. The molecule has 0 fully saturated rings. The van der Waals surface area contributed by atoms with Crippen molar-refractivity contribution in [3.63, 3.8) is 0 Å². The van der Waals surface area contributed by atoms with Crippen LogP contribution in [0.2, 0.25) is 5.02 Å². The molecule has 0 saturated heterocycles. The fraction of sp³-hybridized carbons (Fsp3) is 0.125. The van der Waals surface area contributed by atoms with Gasteiger partial charge in [0.2, 0.25) is 5.91 Å². The van der Waals surface area contributed by atoms with Crippen LogP contribution in [0.25, 0.3) is 0 Å². The molecule has 2 heterocycles. The van der Waals surface area contributed by atoms with Gasteiger partial charge < -0.3 is 16.0 Å². The van der Waals surface area contributed by atoms with Crippen molar-refractivity contribution in [2.24, 2.45) is 0 Å². The summed E-state index contributed by atoms with van der Waals surface area (Å²) in [7, 11) is 0. The van der Waals surface area contributed by atoms with E-state index in [0.29, 0.717) is 22.0 Å². The highest BCUT2D eigenvalue weighted by Gasteiger charge is 2.49. The number of benzene rings is 2. The van der Waals surface area contributed by atoms with Crippen LogP contribution in [0, 0.1) is 0 Å². The van der Waals surface area contributed by atoms with E-state index in [1.165, 1.54) is 0 Å². The van der Waals surface area contributed by atoms with Gasteiger partial charge in [-0.05, 0) is 24.3 Å². The molecule has 2 amide bonds. The van der Waals surface area contributed by atoms with Crippen molar-refractivity contribution in [3.05, 3.63) is 53.1 Å². The van der Waals surface area contributed by atoms with E-state index in [1.54, 1.807) is 18.2 Å². The quantitative estimate of drug-likeness (QED) is 0.700. The van der Waals surface area contributed by atoms with Crippen molar-refractivity contribution >= 4 is 40.5 Å². The lowest BCUT2D eigenvalue weighted by Gasteiger charge is -2.42. The van der Waals surface area contributed by atoms with Crippen LogP contribution < -0.4 is 16.0 Å². The van der Waals surface area contributed by atoms with Gasteiger partial charge in [0, 0.05) is 16.3 Å². The lowest BCUT2D eigenvalue weighted by atomic mass is 9.80. The predicted molar refractivity (Wildman–Crippen MR) is 85.1 cm³/mol. The summed E-state index contributed by atoms with van der Waals surface area (Å²) in [4.78, 5) is 24.8. The van der Waals surface area contributed by atoms with E-state index < -0.39 is 5.54 Å². The van der Waals surface area contributed by atoms with Gasteiger partial charge in [0.1, 0.15) is 0 Å². The zero-order valence-corrected chi connectivity index (χ0v) is 12.2. The molecule has 4 rings (SSSR count). The van der Waals surface area contributed by atoms with Gasteiger partial charge in [-0.15, -0.1) is 0 Å². The van der Waals surface area contributed by atoms with E-state index in [2.05, 4.69) is 16.0 Å². The second kappa shape index (κ2) is 4.48. The highest BCUT2D eigenvalue weighted by Crippen LogP contribution is 2.44. The maximum Gasteiger partial charge on any atom is 0.255 e. The van der Waals surface area contributed by atoms with Crippen LogP contribution in [0.15, 0.2) is 42.5 Å². The highest BCUT2D eigenvalue weighted by molar-refractivity contribution is 6.31. The number of anilines is 3. The van der Waals surface area contributed by atoms with Gasteiger partial charge in [0.25, 0.3) is 5.91 Å². The number of hydrogen-bond donors (Lipinski definition) is 3. The normalized spacial score (nSPS) is 22.2. The minimum absolute atomic E-state index is 0.0296. The number of carbonyl (C=O) groups is 2. The third-order valence-electron chi connectivity index (χ3n) is 4.05. The minimum atomic E-state index is -1.11. The second-order valence-electron chi connectivity index (χ2n) is 5.44. The summed E-state index contributed by atoms with van der Waals surface area (Å²) in [6.45, 7) is 0. The Hall–Kier alpha value is -2.53. The average molecular weight is 314 g/mol. The molecular weight excluding hydrogens is 302 g/mol. The van der Waals surface area contributed by atoms with Crippen molar-refractivity contribution in [1.29, 1.82) is 0 Å². The first-order valence-corrected chi connectivity index (χ1v) is 7.25. The molecule has 6 heteroatoms. The van der Waals surface area contributed by atoms with Crippen LogP contribution in [0.1, 0.15) is 12.0 Å². The number of rotatable bonds is 0. The highest BCUT2D eigenvalue weighted by atomic mass is 35.5. The molecule has 2 aliphatic heterocycles. The third-order valence-corrected chi connectivity index (χ3v) is 4.29. The Kier molecular flexibility index (Phi) is 2.68. The molecule has 1 unspecified atom stereocenters. The Morgan fingerprint density at radius 3 is 2.55 bits per heavy atom. The Labute approximate surface area is 131 Å². The second-order valence-corrected chi connectivity index (χ2v) is 5.88. The van der Waals surface area contributed by atoms with E-state index in [1.807, 2.05) is 24.3 Å². The molecule has 0 saturated carbocycles. The van der Waals surface area contributed by atoms with Gasteiger partial charge in [-0.25, -0.2) is 0 Å². The predicted octanol–water partition coefficient (Wildman–Crippen LogP) is 2.94. The van der Waals surface area contributed by atoms with E-state index in [-0.39, 0.29) is 18.2 Å². The summed E-state index contributed by atoms with van der Waals surface area (Å²) in [5.74, 6) is -0.471. The van der Waals surface area contributed by atoms with Crippen LogP contribution in [0.3, 0.4) is 0 Å². The largest absolute Gasteiger partial charge is 0.365 e. The number of fused-ring (bicyclic) bond motifs is 3. The Bertz CT molecular complexity index is 821. The Morgan fingerprint density at radius 1 is 0.955 bits per heavy atom. The number of carbonyl (C=O) groups excluding carboxylic acids is 2. The molecule has 1 atom stereocenters. The van der Waals surface area contributed by atoms with E-state index in [9.17, 15) is 9.59 Å². The van der Waals surface area contributed by atoms with Crippen molar-refractivity contribution < 1.29 is 9.59 Å². The topological polar surface area (TPSA) is 70.2 Å². The first kappa shape index (κ1) is 13.2. The first-order valence-electron chi connectivity index (χ1n) is 6.87. The summed E-state index contributed by atoms with van der Waals surface area (Å²) in [6.07, 6.45) is 0.0296. The zero-order chi connectivity index (χ0) is 15.3. The molecule has 5 nitrogen and oxygen atoms in total. The fourth-order valence-corrected chi connectivity index (χ4v) is 3.23. The number of amides is 2. The molecule has 0 aromatic heterocycles. The lowest BCUT2D eigenvalue weighted by Crippen LogP contribution is -2.54. The zero-order valence-electron chi connectivity index (χ0n) is 11.4. The number of halogens is 1. The van der Waals surface area contributed by atoms with E-state index in [4.69, 9.17) is 11.6 Å². The van der Waals surface area contributed by atoms with Gasteiger partial charge in [-0.1, -0.05) is 29.8 Å². The number of nitrogens with one attached hydrogen (secondary N) is 3. The number of para-hydroxylation sites is 2. The van der Waals surface area contributed by atoms with Gasteiger partial charge in [0.05, 0.1) is 17.8 Å². The smallest absolute Gasteiger partial charge is 0.255 e. The van der Waals surface area contributed by atoms with E-state index >= 15 is 0 Å². The van der Waals surface area contributed by atoms with E-state index in [0.717, 1.165) is 5.69 Å². The first-order chi connectivity index (χ1) is 10.6. The van der Waals surface area contributed by atoms with Crippen LogP contribution in [-0.4, -0.2) is 11.8 Å². The molecule has 2 aromatic rings. The van der Waals surface area contributed by atoms with Crippen LogP contribution >= 0.6 is 11.6 Å². The third kappa shape index (κ3) is 1.79. The molecule has 0 radical (unpaired) electrons. The molecule has 0 aliphatic carbocycles. The molecule has 3 N–H and O–H groups in total. The van der Waals surface area contributed by atoms with Crippen LogP contribution in [-0.2, 0) is 15.1 Å². The minimum Gasteiger partial charge on any atom is -0.365 e. The average Bonchev–Trinajstić information content (AvgIpc) is 2.47. The standard InChI is InChI=1S/C16H12ClN3O2/c17-9-5-6-10-13(7-9)18-14(21)8-16(10)15(22)19-11-3-1-2-4-12(11)20-16/h1-7,20H,8H2,(H,18,21)(H,19,22). The maximum absolute atomic E-state index is 12.7. The molecule has 1 spiro atoms. The molecule has 0 bridgehead atoms. The Balaban J connectivity index is 1.92. The summed E-state index contributed by atoms with van der Waals surface area (Å²) in [6, 6.07) is 12.6. The van der Waals surface area contributed by atoms with Crippen LogP contribution in [0.4, 0.5) is 17.1 Å². The summed E-state index contributed by atoms with van der Waals surface area (Å²) in [5, 5.41) is 9.41. The lowest BCUT2D eigenvalue weighted by molar-refractivity contribution is -0.126. The maximum atomic E-state index is 12.7.